The monoisotopic (exact) mass is 615 g/mol. The SMILES string of the molecule is COc1ccc(CN(C(=O)CN2CCN(Cc3ccc4c(c3)CCO4)CC2)C2CC2)cc1.O=C(O)C(=O)O.O=C(O)C(=O)O. The Bertz CT molecular complexity index is 1270. The zero-order valence-electron chi connectivity index (χ0n) is 24.4. The smallest absolute Gasteiger partial charge is 0.414 e. The van der Waals surface area contributed by atoms with Gasteiger partial charge in [-0.25, -0.2) is 19.2 Å². The lowest BCUT2D eigenvalue weighted by Gasteiger charge is -2.35. The molecule has 14 heteroatoms. The van der Waals surface area contributed by atoms with Crippen LogP contribution in [0.25, 0.3) is 0 Å². The van der Waals surface area contributed by atoms with Gasteiger partial charge in [-0.1, -0.05) is 24.3 Å². The maximum absolute atomic E-state index is 13.1. The van der Waals surface area contributed by atoms with Gasteiger partial charge in [-0.3, -0.25) is 14.6 Å². The molecule has 1 aliphatic carbocycles. The lowest BCUT2D eigenvalue weighted by molar-refractivity contribution is -0.159. The zero-order valence-corrected chi connectivity index (χ0v) is 24.4. The van der Waals surface area contributed by atoms with Crippen molar-refractivity contribution in [3.8, 4) is 11.5 Å². The van der Waals surface area contributed by atoms with Crippen LogP contribution in [0, 0.1) is 0 Å². The summed E-state index contributed by atoms with van der Waals surface area (Å²) in [5.41, 5.74) is 3.86. The van der Waals surface area contributed by atoms with Crippen molar-refractivity contribution < 1.29 is 53.9 Å². The average Bonchev–Trinajstić information content (AvgIpc) is 3.74. The Balaban J connectivity index is 0.000000375. The summed E-state index contributed by atoms with van der Waals surface area (Å²) >= 11 is 0. The fraction of sp³-hybridized carbons (Fsp3) is 0.433. The number of carboxylic acid groups (broad SMARTS) is 4. The molecule has 0 aromatic heterocycles. The lowest BCUT2D eigenvalue weighted by atomic mass is 10.1. The Kier molecular flexibility index (Phi) is 12.5. The van der Waals surface area contributed by atoms with Gasteiger partial charge in [0.15, 0.2) is 0 Å². The van der Waals surface area contributed by atoms with Crippen molar-refractivity contribution in [3.63, 3.8) is 0 Å². The van der Waals surface area contributed by atoms with Crippen molar-refractivity contribution >= 4 is 29.8 Å². The molecule has 0 atom stereocenters. The summed E-state index contributed by atoms with van der Waals surface area (Å²) in [6.45, 7) is 6.89. The molecule has 238 valence electrons. The molecule has 1 amide bonds. The third kappa shape index (κ3) is 10.9. The van der Waals surface area contributed by atoms with Gasteiger partial charge in [-0.2, -0.15) is 0 Å². The van der Waals surface area contributed by atoms with Crippen molar-refractivity contribution in [2.24, 2.45) is 0 Å². The van der Waals surface area contributed by atoms with Gasteiger partial charge in [0.2, 0.25) is 5.91 Å². The predicted octanol–water partition coefficient (Wildman–Crippen LogP) is 1.25. The normalized spacial score (nSPS) is 15.7. The maximum Gasteiger partial charge on any atom is 0.414 e. The number of amides is 1. The van der Waals surface area contributed by atoms with Crippen molar-refractivity contribution in [1.29, 1.82) is 0 Å². The van der Waals surface area contributed by atoms with Gasteiger partial charge in [-0.05, 0) is 47.7 Å². The molecule has 44 heavy (non-hydrogen) atoms. The summed E-state index contributed by atoms with van der Waals surface area (Å²) in [5, 5.41) is 29.6. The number of ether oxygens (including phenoxy) is 2. The molecule has 0 spiro atoms. The van der Waals surface area contributed by atoms with E-state index in [1.807, 2.05) is 12.1 Å². The molecule has 2 fully saturated rings. The summed E-state index contributed by atoms with van der Waals surface area (Å²) in [5.74, 6) is -5.14. The van der Waals surface area contributed by atoms with E-state index in [-0.39, 0.29) is 5.91 Å². The molecule has 2 aliphatic heterocycles. The van der Waals surface area contributed by atoms with Crippen molar-refractivity contribution in [3.05, 3.63) is 59.2 Å². The fourth-order valence-corrected chi connectivity index (χ4v) is 4.72. The molecule has 1 saturated heterocycles. The average molecular weight is 616 g/mol. The molecule has 14 nitrogen and oxygen atoms in total. The molecule has 0 bridgehead atoms. The fourth-order valence-electron chi connectivity index (χ4n) is 4.72. The number of piperazine rings is 1. The third-order valence-corrected chi connectivity index (χ3v) is 7.17. The molecule has 0 unspecified atom stereocenters. The Morgan fingerprint density at radius 1 is 0.818 bits per heavy atom. The number of nitrogens with zero attached hydrogens (tertiary/aromatic N) is 3. The minimum absolute atomic E-state index is 0.260. The van der Waals surface area contributed by atoms with E-state index < -0.39 is 23.9 Å². The second-order valence-corrected chi connectivity index (χ2v) is 10.4. The van der Waals surface area contributed by atoms with Crippen LogP contribution < -0.4 is 9.47 Å². The summed E-state index contributed by atoms with van der Waals surface area (Å²) in [4.78, 5) is 56.4. The van der Waals surface area contributed by atoms with Crippen molar-refractivity contribution in [2.45, 2.75) is 38.4 Å². The van der Waals surface area contributed by atoms with Crippen LogP contribution in [0.15, 0.2) is 42.5 Å². The second kappa shape index (κ2) is 16.2. The number of carboxylic acids is 4. The maximum atomic E-state index is 13.1. The third-order valence-electron chi connectivity index (χ3n) is 7.17. The molecule has 2 aromatic carbocycles. The highest BCUT2D eigenvalue weighted by atomic mass is 16.5. The molecule has 0 radical (unpaired) electrons. The molecular formula is C30H37N3O11. The van der Waals surface area contributed by atoms with Gasteiger partial charge in [0.05, 0.1) is 20.3 Å². The van der Waals surface area contributed by atoms with Crippen LogP contribution in [0.3, 0.4) is 0 Å². The van der Waals surface area contributed by atoms with Gasteiger partial charge in [0, 0.05) is 51.7 Å². The Hall–Kier alpha value is -4.69. The number of carbonyl (C=O) groups is 5. The number of hydrogen-bond donors (Lipinski definition) is 4. The predicted molar refractivity (Wildman–Crippen MR) is 154 cm³/mol. The van der Waals surface area contributed by atoms with E-state index in [0.29, 0.717) is 19.1 Å². The highest BCUT2D eigenvalue weighted by Crippen LogP contribution is 2.29. The summed E-state index contributed by atoms with van der Waals surface area (Å²) in [6, 6.07) is 15.1. The Morgan fingerprint density at radius 2 is 1.36 bits per heavy atom. The number of rotatable bonds is 8. The highest BCUT2D eigenvalue weighted by molar-refractivity contribution is 6.27. The quantitative estimate of drug-likeness (QED) is 0.310. The largest absolute Gasteiger partial charge is 0.497 e. The van der Waals surface area contributed by atoms with Crippen LogP contribution in [-0.4, -0.2) is 117 Å². The van der Waals surface area contributed by atoms with E-state index in [2.05, 4.69) is 45.0 Å². The first kappa shape index (κ1) is 33.8. The number of hydrogen-bond acceptors (Lipinski definition) is 9. The van der Waals surface area contributed by atoms with Gasteiger partial charge < -0.3 is 34.8 Å². The van der Waals surface area contributed by atoms with Crippen LogP contribution in [0.1, 0.15) is 29.5 Å². The Morgan fingerprint density at radius 3 is 1.89 bits per heavy atom. The summed E-state index contributed by atoms with van der Waals surface area (Å²) in [7, 11) is 1.68. The number of methoxy groups -OCH3 is 1. The number of benzene rings is 2. The second-order valence-electron chi connectivity index (χ2n) is 10.4. The molecule has 1 saturated carbocycles. The molecule has 2 heterocycles. The molecule has 2 aromatic rings. The van der Waals surface area contributed by atoms with E-state index in [9.17, 15) is 4.79 Å². The van der Waals surface area contributed by atoms with Crippen LogP contribution in [0.2, 0.25) is 0 Å². The van der Waals surface area contributed by atoms with Crippen LogP contribution in [0.4, 0.5) is 0 Å². The number of fused-ring (bicyclic) bond motifs is 1. The number of carbonyl (C=O) groups excluding carboxylic acids is 1. The zero-order chi connectivity index (χ0) is 32.2. The van der Waals surface area contributed by atoms with Gasteiger partial charge in [0.25, 0.3) is 0 Å². The van der Waals surface area contributed by atoms with E-state index in [1.165, 1.54) is 11.1 Å². The Labute approximate surface area is 254 Å². The molecule has 4 N–H and O–H groups in total. The van der Waals surface area contributed by atoms with E-state index in [0.717, 1.165) is 75.7 Å². The number of aliphatic carboxylic acids is 4. The molecular weight excluding hydrogens is 578 g/mol. The minimum Gasteiger partial charge on any atom is -0.497 e. The standard InChI is InChI=1S/C26H33N3O3.2C2H2O4/c1-31-24-7-2-20(3-8-24)18-29(23-5-6-23)26(30)19-28-13-11-27(12-14-28)17-21-4-9-25-22(16-21)10-15-32-25;2*3-1(4)2(5)6/h2-4,7-9,16,23H,5-6,10-15,17-19H2,1H3;2*(H,3,4)(H,5,6). The highest BCUT2D eigenvalue weighted by Gasteiger charge is 2.33. The first-order chi connectivity index (χ1) is 21.0. The van der Waals surface area contributed by atoms with Crippen molar-refractivity contribution in [2.75, 3.05) is 46.4 Å². The van der Waals surface area contributed by atoms with Gasteiger partial charge >= 0.3 is 23.9 Å². The van der Waals surface area contributed by atoms with Crippen molar-refractivity contribution in [1.82, 2.24) is 14.7 Å². The summed E-state index contributed by atoms with van der Waals surface area (Å²) < 4.78 is 10.9. The molecule has 3 aliphatic rings. The van der Waals surface area contributed by atoms with Crippen LogP contribution in [-0.2, 0) is 43.5 Å². The van der Waals surface area contributed by atoms with E-state index in [4.69, 9.17) is 49.1 Å². The van der Waals surface area contributed by atoms with Crippen LogP contribution >= 0.6 is 0 Å². The van der Waals surface area contributed by atoms with Gasteiger partial charge in [-0.15, -0.1) is 0 Å². The van der Waals surface area contributed by atoms with Gasteiger partial charge in [0.1, 0.15) is 11.5 Å². The summed E-state index contributed by atoms with van der Waals surface area (Å²) in [6.07, 6.45) is 3.27. The first-order valence-corrected chi connectivity index (χ1v) is 14.0. The van der Waals surface area contributed by atoms with E-state index >= 15 is 0 Å². The van der Waals surface area contributed by atoms with Crippen LogP contribution in [0.5, 0.6) is 11.5 Å². The molecule has 5 rings (SSSR count). The minimum atomic E-state index is -1.82. The topological polar surface area (TPSA) is 194 Å². The first-order valence-electron chi connectivity index (χ1n) is 14.0. The lowest BCUT2D eigenvalue weighted by Crippen LogP contribution is -2.50. The van der Waals surface area contributed by atoms with E-state index in [1.54, 1.807) is 7.11 Å².